The second-order valence-electron chi connectivity index (χ2n) is 5.44. The van der Waals surface area contributed by atoms with E-state index in [0.717, 1.165) is 5.56 Å². The summed E-state index contributed by atoms with van der Waals surface area (Å²) in [4.78, 5) is 22.2. The first kappa shape index (κ1) is 18.9. The van der Waals surface area contributed by atoms with Crippen molar-refractivity contribution in [3.63, 3.8) is 0 Å². The predicted octanol–water partition coefficient (Wildman–Crippen LogP) is 4.06. The number of nitrogens with zero attached hydrogens (tertiary/aromatic N) is 3. The third-order valence-corrected chi connectivity index (χ3v) is 5.48. The molecule has 0 aliphatic carbocycles. The summed E-state index contributed by atoms with van der Waals surface area (Å²) in [5, 5.41) is 21.6. The highest BCUT2D eigenvalue weighted by Gasteiger charge is 2.10. The number of halogens is 1. The molecule has 3 rings (SSSR count). The first-order valence-electron chi connectivity index (χ1n) is 7.73. The number of hydrogen-bond donors (Lipinski definition) is 1. The first-order valence-corrected chi connectivity index (χ1v) is 9.54. The van der Waals surface area contributed by atoms with Crippen molar-refractivity contribution in [2.75, 3.05) is 5.32 Å². The van der Waals surface area contributed by atoms with Gasteiger partial charge in [-0.3, -0.25) is 14.9 Å². The molecular weight excluding hydrogens is 391 g/mol. The van der Waals surface area contributed by atoms with Gasteiger partial charge >= 0.3 is 0 Å². The smallest absolute Gasteiger partial charge is 0.269 e. The Bertz CT molecular complexity index is 946. The zero-order valence-electron chi connectivity index (χ0n) is 13.8. The maximum absolute atomic E-state index is 12.9. The number of anilines is 1. The highest BCUT2D eigenvalue weighted by atomic mass is 32.2. The van der Waals surface area contributed by atoms with Crippen LogP contribution < -0.4 is 5.32 Å². The summed E-state index contributed by atoms with van der Waals surface area (Å²) in [5.74, 6) is -0.0291. The number of nitro benzene ring substituents is 1. The molecular formula is C17H13FN4O3S2. The van der Waals surface area contributed by atoms with Crippen LogP contribution in [0.4, 0.5) is 15.2 Å². The Balaban J connectivity index is 1.51. The minimum absolute atomic E-state index is 0.0471. The van der Waals surface area contributed by atoms with Crippen LogP contribution in [0.2, 0.25) is 0 Å². The van der Waals surface area contributed by atoms with Gasteiger partial charge in [0.05, 0.1) is 11.3 Å². The number of benzene rings is 2. The van der Waals surface area contributed by atoms with Crippen molar-refractivity contribution in [2.24, 2.45) is 0 Å². The average molecular weight is 404 g/mol. The van der Waals surface area contributed by atoms with Crippen LogP contribution in [0.15, 0.2) is 52.9 Å². The molecule has 10 heteroatoms. The zero-order valence-corrected chi connectivity index (χ0v) is 15.4. The fraction of sp³-hybridized carbons (Fsp3) is 0.118. The molecule has 0 saturated carbocycles. The van der Waals surface area contributed by atoms with Crippen LogP contribution in [0.5, 0.6) is 0 Å². The highest BCUT2D eigenvalue weighted by molar-refractivity contribution is 8.00. The average Bonchev–Trinajstić information content (AvgIpc) is 3.09. The van der Waals surface area contributed by atoms with Gasteiger partial charge in [0.2, 0.25) is 11.0 Å². The van der Waals surface area contributed by atoms with Crippen LogP contribution >= 0.6 is 23.1 Å². The van der Waals surface area contributed by atoms with Crippen molar-refractivity contribution < 1.29 is 14.1 Å². The van der Waals surface area contributed by atoms with Crippen molar-refractivity contribution >= 4 is 39.8 Å². The lowest BCUT2D eigenvalue weighted by Crippen LogP contribution is -2.14. The van der Waals surface area contributed by atoms with Crippen LogP contribution in [0.3, 0.4) is 0 Å². The van der Waals surface area contributed by atoms with Crippen LogP contribution in [-0.4, -0.2) is 21.0 Å². The number of non-ortho nitro benzene ring substituents is 1. The van der Waals surface area contributed by atoms with Gasteiger partial charge in [-0.15, -0.1) is 10.2 Å². The van der Waals surface area contributed by atoms with E-state index in [9.17, 15) is 19.3 Å². The molecule has 138 valence electrons. The van der Waals surface area contributed by atoms with Gasteiger partial charge in [0.25, 0.3) is 5.69 Å². The third-order valence-electron chi connectivity index (χ3n) is 3.44. The zero-order chi connectivity index (χ0) is 19.2. The van der Waals surface area contributed by atoms with E-state index in [-0.39, 0.29) is 23.8 Å². The predicted molar refractivity (Wildman–Crippen MR) is 101 cm³/mol. The van der Waals surface area contributed by atoms with E-state index in [0.29, 0.717) is 20.8 Å². The first-order chi connectivity index (χ1) is 13.0. The number of carbonyl (C=O) groups excluding carboxylic acids is 1. The Labute approximate surface area is 161 Å². The lowest BCUT2D eigenvalue weighted by molar-refractivity contribution is -0.384. The molecule has 0 spiro atoms. The molecule has 27 heavy (non-hydrogen) atoms. The Kier molecular flexibility index (Phi) is 6.09. The summed E-state index contributed by atoms with van der Waals surface area (Å²) in [7, 11) is 0. The van der Waals surface area contributed by atoms with E-state index >= 15 is 0 Å². The number of nitro groups is 1. The van der Waals surface area contributed by atoms with Crippen LogP contribution in [-0.2, 0) is 17.0 Å². The maximum Gasteiger partial charge on any atom is 0.269 e. The van der Waals surface area contributed by atoms with Gasteiger partial charge in [0, 0.05) is 17.9 Å². The topological polar surface area (TPSA) is 98.0 Å². The van der Waals surface area contributed by atoms with Crippen molar-refractivity contribution in [3.05, 3.63) is 75.6 Å². The van der Waals surface area contributed by atoms with Gasteiger partial charge in [-0.25, -0.2) is 4.39 Å². The molecule has 0 fully saturated rings. The number of carbonyl (C=O) groups is 1. The minimum Gasteiger partial charge on any atom is -0.300 e. The molecule has 3 aromatic rings. The molecule has 0 unspecified atom stereocenters. The van der Waals surface area contributed by atoms with Crippen LogP contribution in [0.1, 0.15) is 11.1 Å². The van der Waals surface area contributed by atoms with Crippen molar-refractivity contribution in [1.29, 1.82) is 0 Å². The number of rotatable bonds is 7. The molecule has 1 heterocycles. The van der Waals surface area contributed by atoms with Gasteiger partial charge in [-0.2, -0.15) is 0 Å². The Morgan fingerprint density at radius 1 is 1.11 bits per heavy atom. The van der Waals surface area contributed by atoms with Crippen molar-refractivity contribution in [2.45, 2.75) is 16.5 Å². The third kappa shape index (κ3) is 5.56. The second-order valence-corrected chi connectivity index (χ2v) is 7.64. The number of amides is 1. The van der Waals surface area contributed by atoms with E-state index in [2.05, 4.69) is 15.5 Å². The van der Waals surface area contributed by atoms with E-state index < -0.39 is 4.92 Å². The highest BCUT2D eigenvalue weighted by Crippen LogP contribution is 2.28. The number of hydrogen-bond acceptors (Lipinski definition) is 7. The van der Waals surface area contributed by atoms with E-state index in [1.54, 1.807) is 24.3 Å². The van der Waals surface area contributed by atoms with Gasteiger partial charge in [-0.05, 0) is 23.3 Å². The van der Waals surface area contributed by atoms with Gasteiger partial charge in [0.15, 0.2) is 4.34 Å². The Morgan fingerprint density at radius 2 is 1.78 bits per heavy atom. The molecule has 0 aliphatic rings. The summed E-state index contributed by atoms with van der Waals surface area (Å²) < 4.78 is 13.5. The van der Waals surface area contributed by atoms with Crippen LogP contribution in [0, 0.1) is 15.9 Å². The SMILES string of the molecule is O=C(Cc1ccc(F)cc1)Nc1nnc(SCc2ccc([N+](=O)[O-])cc2)s1. The van der Waals surface area contributed by atoms with Crippen molar-refractivity contribution in [3.8, 4) is 0 Å². The van der Waals surface area contributed by atoms with Gasteiger partial charge < -0.3 is 5.32 Å². The standard InChI is InChI=1S/C17H13FN4O3S2/c18-13-5-1-11(2-6-13)9-15(23)19-16-20-21-17(27-16)26-10-12-3-7-14(8-4-12)22(24)25/h1-8H,9-10H2,(H,19,20,23). The number of aromatic nitrogens is 2. The monoisotopic (exact) mass is 404 g/mol. The fourth-order valence-electron chi connectivity index (χ4n) is 2.13. The summed E-state index contributed by atoms with van der Waals surface area (Å²) in [6.07, 6.45) is 0.116. The molecule has 0 aliphatic heterocycles. The Hall–Kier alpha value is -2.85. The van der Waals surface area contributed by atoms with Crippen molar-refractivity contribution in [1.82, 2.24) is 10.2 Å². The molecule has 0 saturated heterocycles. The Morgan fingerprint density at radius 3 is 2.44 bits per heavy atom. The molecule has 0 bridgehead atoms. The quantitative estimate of drug-likeness (QED) is 0.276. The van der Waals surface area contributed by atoms with Crippen LogP contribution in [0.25, 0.3) is 0 Å². The fourth-order valence-corrected chi connectivity index (χ4v) is 3.85. The largest absolute Gasteiger partial charge is 0.300 e. The van der Waals surface area contributed by atoms with Gasteiger partial charge in [-0.1, -0.05) is 47.4 Å². The molecule has 1 N–H and O–H groups in total. The number of thioether (sulfide) groups is 1. The van der Waals surface area contributed by atoms with E-state index in [1.165, 1.54) is 47.4 Å². The number of nitrogens with one attached hydrogen (secondary N) is 1. The molecule has 1 aromatic heterocycles. The summed E-state index contributed by atoms with van der Waals surface area (Å²) >= 11 is 2.67. The summed E-state index contributed by atoms with van der Waals surface area (Å²) in [6.45, 7) is 0. The molecule has 7 nitrogen and oxygen atoms in total. The summed E-state index contributed by atoms with van der Waals surface area (Å²) in [5.41, 5.74) is 1.67. The maximum atomic E-state index is 12.9. The molecule has 2 aromatic carbocycles. The summed E-state index contributed by atoms with van der Waals surface area (Å²) in [6, 6.07) is 12.0. The molecule has 0 atom stereocenters. The van der Waals surface area contributed by atoms with Gasteiger partial charge in [0.1, 0.15) is 5.82 Å². The lowest BCUT2D eigenvalue weighted by Gasteiger charge is -2.01. The molecule has 0 radical (unpaired) electrons. The van der Waals surface area contributed by atoms with E-state index in [1.807, 2.05) is 0 Å². The molecule has 1 amide bonds. The lowest BCUT2D eigenvalue weighted by atomic mass is 10.1. The normalized spacial score (nSPS) is 10.6. The minimum atomic E-state index is -0.442. The van der Waals surface area contributed by atoms with E-state index in [4.69, 9.17) is 0 Å². The second kappa shape index (κ2) is 8.69.